The number of amides is 1. The lowest BCUT2D eigenvalue weighted by molar-refractivity contribution is 0.0952. The Bertz CT molecular complexity index is 368. The van der Waals surface area contributed by atoms with Gasteiger partial charge < -0.3 is 5.32 Å². The lowest BCUT2D eigenvalue weighted by Crippen LogP contribution is -2.25. The molecule has 1 aromatic heterocycles. The van der Waals surface area contributed by atoms with E-state index in [1.54, 1.807) is 12.4 Å². The van der Waals surface area contributed by atoms with E-state index in [9.17, 15) is 4.79 Å². The van der Waals surface area contributed by atoms with Crippen LogP contribution in [0.25, 0.3) is 0 Å². The van der Waals surface area contributed by atoms with Crippen molar-refractivity contribution in [2.75, 3.05) is 11.9 Å². The van der Waals surface area contributed by atoms with Gasteiger partial charge in [0.15, 0.2) is 0 Å². The number of rotatable bonds is 6. The molecule has 1 rings (SSSR count). The molecule has 0 radical (unpaired) electrons. The summed E-state index contributed by atoms with van der Waals surface area (Å²) in [6, 6.07) is 1.85. The third-order valence-corrected chi connectivity index (χ3v) is 3.67. The van der Waals surface area contributed by atoms with Gasteiger partial charge in [0.25, 0.3) is 5.91 Å². The van der Waals surface area contributed by atoms with Crippen LogP contribution in [0.2, 0.25) is 0 Å². The van der Waals surface area contributed by atoms with E-state index in [2.05, 4.69) is 33.2 Å². The number of alkyl halides is 1. The lowest BCUT2D eigenvalue weighted by Gasteiger charge is -2.08. The Balaban J connectivity index is 2.30. The first-order valence-electron chi connectivity index (χ1n) is 5.89. The van der Waals surface area contributed by atoms with Crippen molar-refractivity contribution in [2.45, 2.75) is 26.7 Å². The molecule has 0 aromatic carbocycles. The first-order chi connectivity index (χ1) is 8.13. The summed E-state index contributed by atoms with van der Waals surface area (Å²) in [5, 5.41) is 3.93. The van der Waals surface area contributed by atoms with Gasteiger partial charge in [-0.05, 0) is 37.3 Å². The molecule has 3 nitrogen and oxygen atoms in total. The van der Waals surface area contributed by atoms with Crippen LogP contribution in [-0.4, -0.2) is 22.8 Å². The van der Waals surface area contributed by atoms with Crippen LogP contribution in [0.1, 0.15) is 35.7 Å². The number of aromatic nitrogens is 1. The van der Waals surface area contributed by atoms with E-state index in [-0.39, 0.29) is 5.91 Å². The minimum Gasteiger partial charge on any atom is -0.352 e. The number of halogens is 1. The highest BCUT2D eigenvalue weighted by Gasteiger charge is 2.05. The summed E-state index contributed by atoms with van der Waals surface area (Å²) >= 11 is 3.44. The number of hydrogen-bond acceptors (Lipinski definition) is 2. The van der Waals surface area contributed by atoms with Gasteiger partial charge in [0.05, 0.1) is 5.56 Å². The van der Waals surface area contributed by atoms with Crippen molar-refractivity contribution >= 4 is 21.8 Å². The summed E-state index contributed by atoms with van der Waals surface area (Å²) in [4.78, 5) is 15.8. The van der Waals surface area contributed by atoms with E-state index < -0.39 is 0 Å². The third-order valence-electron chi connectivity index (χ3n) is 2.56. The van der Waals surface area contributed by atoms with Crippen LogP contribution in [0.5, 0.6) is 0 Å². The average molecular weight is 299 g/mol. The Hall–Kier alpha value is -0.900. The van der Waals surface area contributed by atoms with Gasteiger partial charge in [-0.3, -0.25) is 9.78 Å². The van der Waals surface area contributed by atoms with Crippen molar-refractivity contribution in [3.63, 3.8) is 0 Å². The van der Waals surface area contributed by atoms with Gasteiger partial charge in [0.1, 0.15) is 0 Å². The Morgan fingerprint density at radius 1 is 1.53 bits per heavy atom. The van der Waals surface area contributed by atoms with Gasteiger partial charge in [0.2, 0.25) is 0 Å². The van der Waals surface area contributed by atoms with E-state index in [1.165, 1.54) is 0 Å². The van der Waals surface area contributed by atoms with E-state index in [1.807, 2.05) is 13.0 Å². The molecule has 0 spiro atoms. The number of hydrogen-bond donors (Lipinski definition) is 1. The molecule has 1 atom stereocenters. The third kappa shape index (κ3) is 5.31. The zero-order chi connectivity index (χ0) is 12.7. The second kappa shape index (κ2) is 7.43. The second-order valence-corrected chi connectivity index (χ2v) is 5.06. The van der Waals surface area contributed by atoms with Gasteiger partial charge in [-0.1, -0.05) is 22.9 Å². The predicted octanol–water partition coefficient (Wildman–Crippen LogP) is 2.93. The summed E-state index contributed by atoms with van der Waals surface area (Å²) in [6.07, 6.45) is 5.48. The number of carbonyl (C=O) groups excluding carboxylic acids is 1. The minimum absolute atomic E-state index is 0.0345. The fourth-order valence-electron chi connectivity index (χ4n) is 1.51. The fourth-order valence-corrected chi connectivity index (χ4v) is 1.83. The number of pyridine rings is 1. The van der Waals surface area contributed by atoms with Gasteiger partial charge in [-0.2, -0.15) is 0 Å². The summed E-state index contributed by atoms with van der Waals surface area (Å²) in [7, 11) is 0. The van der Waals surface area contributed by atoms with Crippen molar-refractivity contribution in [1.29, 1.82) is 0 Å². The molecule has 1 aromatic rings. The highest BCUT2D eigenvalue weighted by Crippen LogP contribution is 2.07. The molecular weight excluding hydrogens is 280 g/mol. The molecule has 94 valence electrons. The average Bonchev–Trinajstić information content (AvgIpc) is 2.34. The van der Waals surface area contributed by atoms with Crippen LogP contribution >= 0.6 is 15.9 Å². The lowest BCUT2D eigenvalue weighted by atomic mass is 10.1. The van der Waals surface area contributed by atoms with Crippen LogP contribution in [0.15, 0.2) is 18.5 Å². The molecular formula is C13H19BrN2O. The van der Waals surface area contributed by atoms with Gasteiger partial charge in [-0.25, -0.2) is 0 Å². The molecule has 1 unspecified atom stereocenters. The smallest absolute Gasteiger partial charge is 0.252 e. The molecule has 1 N–H and O–H groups in total. The van der Waals surface area contributed by atoms with Crippen molar-refractivity contribution in [1.82, 2.24) is 10.3 Å². The zero-order valence-electron chi connectivity index (χ0n) is 10.4. The standard InChI is InChI=1S/C13H19BrN2O/c1-10(7-14)4-3-5-16-13(17)12-6-11(2)8-15-9-12/h6,8-10H,3-5,7H2,1-2H3,(H,16,17). The molecule has 0 aliphatic heterocycles. The first kappa shape index (κ1) is 14.2. The molecule has 1 heterocycles. The van der Waals surface area contributed by atoms with E-state index >= 15 is 0 Å². The maximum absolute atomic E-state index is 11.8. The van der Waals surface area contributed by atoms with Crippen LogP contribution in [0.3, 0.4) is 0 Å². The van der Waals surface area contributed by atoms with E-state index in [4.69, 9.17) is 0 Å². The monoisotopic (exact) mass is 298 g/mol. The molecule has 0 saturated heterocycles. The molecule has 0 aliphatic rings. The maximum Gasteiger partial charge on any atom is 0.252 e. The molecule has 17 heavy (non-hydrogen) atoms. The molecule has 1 amide bonds. The highest BCUT2D eigenvalue weighted by atomic mass is 79.9. The molecule has 0 saturated carbocycles. The van der Waals surface area contributed by atoms with Crippen molar-refractivity contribution in [3.8, 4) is 0 Å². The Morgan fingerprint density at radius 2 is 2.29 bits per heavy atom. The highest BCUT2D eigenvalue weighted by molar-refractivity contribution is 9.09. The minimum atomic E-state index is -0.0345. The fraction of sp³-hybridized carbons (Fsp3) is 0.538. The second-order valence-electron chi connectivity index (χ2n) is 4.41. The van der Waals surface area contributed by atoms with Gasteiger partial charge >= 0.3 is 0 Å². The SMILES string of the molecule is Cc1cncc(C(=O)NCCCC(C)CBr)c1. The van der Waals surface area contributed by atoms with E-state index in [0.717, 1.165) is 30.3 Å². The van der Waals surface area contributed by atoms with Crippen LogP contribution in [0, 0.1) is 12.8 Å². The molecule has 0 aliphatic carbocycles. The summed E-state index contributed by atoms with van der Waals surface area (Å²) in [6.45, 7) is 4.85. The first-order valence-corrected chi connectivity index (χ1v) is 7.01. The van der Waals surface area contributed by atoms with Crippen molar-refractivity contribution in [2.24, 2.45) is 5.92 Å². The quantitative estimate of drug-likeness (QED) is 0.648. The largest absolute Gasteiger partial charge is 0.352 e. The van der Waals surface area contributed by atoms with Crippen molar-refractivity contribution < 1.29 is 4.79 Å². The van der Waals surface area contributed by atoms with Gasteiger partial charge in [-0.15, -0.1) is 0 Å². The number of nitrogens with zero attached hydrogens (tertiary/aromatic N) is 1. The predicted molar refractivity (Wildman–Crippen MR) is 73.5 cm³/mol. The maximum atomic E-state index is 11.8. The number of aryl methyl sites for hydroxylation is 1. The number of carbonyl (C=O) groups is 1. The van der Waals surface area contributed by atoms with Crippen molar-refractivity contribution in [3.05, 3.63) is 29.6 Å². The molecule has 4 heteroatoms. The molecule has 0 bridgehead atoms. The van der Waals surface area contributed by atoms with E-state index in [0.29, 0.717) is 11.5 Å². The van der Waals surface area contributed by atoms with Gasteiger partial charge in [0, 0.05) is 24.3 Å². The summed E-state index contributed by atoms with van der Waals surface area (Å²) in [5.41, 5.74) is 1.64. The Morgan fingerprint density at radius 3 is 2.94 bits per heavy atom. The topological polar surface area (TPSA) is 42.0 Å². The van der Waals surface area contributed by atoms with Crippen LogP contribution in [-0.2, 0) is 0 Å². The molecule has 0 fully saturated rings. The summed E-state index contributed by atoms with van der Waals surface area (Å²) in [5.74, 6) is 0.625. The Labute approximate surface area is 111 Å². The van der Waals surface area contributed by atoms with Crippen LogP contribution < -0.4 is 5.32 Å². The Kier molecular flexibility index (Phi) is 6.19. The normalized spacial score (nSPS) is 12.2. The number of nitrogens with one attached hydrogen (secondary N) is 1. The summed E-state index contributed by atoms with van der Waals surface area (Å²) < 4.78 is 0. The van der Waals surface area contributed by atoms with Crippen LogP contribution in [0.4, 0.5) is 0 Å². The zero-order valence-corrected chi connectivity index (χ0v) is 12.0.